The Morgan fingerprint density at radius 1 is 1.12 bits per heavy atom. The zero-order valence-electron chi connectivity index (χ0n) is 17.1. The van der Waals surface area contributed by atoms with Gasteiger partial charge in [-0.25, -0.2) is 13.1 Å². The van der Waals surface area contributed by atoms with Crippen molar-refractivity contribution in [3.05, 3.63) is 83.7 Å². The minimum atomic E-state index is -4.83. The van der Waals surface area contributed by atoms with Crippen LogP contribution in [0.1, 0.15) is 35.6 Å². The Morgan fingerprint density at radius 3 is 2.56 bits per heavy atom. The number of alkyl halides is 3. The van der Waals surface area contributed by atoms with E-state index in [-0.39, 0.29) is 12.8 Å². The fourth-order valence-electron chi connectivity index (χ4n) is 3.41. The fourth-order valence-corrected chi connectivity index (χ4v) is 4.90. The van der Waals surface area contributed by atoms with E-state index >= 15 is 0 Å². The van der Waals surface area contributed by atoms with Crippen molar-refractivity contribution in [1.29, 1.82) is 5.26 Å². The van der Waals surface area contributed by atoms with Crippen molar-refractivity contribution < 1.29 is 21.6 Å². The Morgan fingerprint density at radius 2 is 1.88 bits per heavy atom. The molecule has 0 spiro atoms. The van der Waals surface area contributed by atoms with Gasteiger partial charge in [-0.1, -0.05) is 30.3 Å². The minimum absolute atomic E-state index is 0.0205. The van der Waals surface area contributed by atoms with Crippen LogP contribution >= 0.6 is 0 Å². The second kappa shape index (κ2) is 9.51. The van der Waals surface area contributed by atoms with Crippen LogP contribution in [0.5, 0.6) is 0 Å². The first-order valence-corrected chi connectivity index (χ1v) is 11.2. The van der Waals surface area contributed by atoms with Crippen LogP contribution in [0.2, 0.25) is 0 Å². The van der Waals surface area contributed by atoms with E-state index in [0.29, 0.717) is 5.56 Å². The van der Waals surface area contributed by atoms with Crippen LogP contribution < -0.4 is 4.72 Å². The zero-order valence-corrected chi connectivity index (χ0v) is 17.9. The molecule has 2 aromatic carbocycles. The van der Waals surface area contributed by atoms with E-state index in [1.807, 2.05) is 25.1 Å². The van der Waals surface area contributed by atoms with Crippen molar-refractivity contribution in [2.75, 3.05) is 0 Å². The summed E-state index contributed by atoms with van der Waals surface area (Å²) in [4.78, 5) is 3.21. The first kappa shape index (κ1) is 23.4. The number of nitrogens with zero attached hydrogens (tertiary/aromatic N) is 2. The first-order valence-electron chi connectivity index (χ1n) is 9.70. The summed E-state index contributed by atoms with van der Waals surface area (Å²) in [6.45, 7) is 1.89. The number of aromatic nitrogens is 1. The maximum atomic E-state index is 13.4. The highest BCUT2D eigenvalue weighted by atomic mass is 32.2. The van der Waals surface area contributed by atoms with Crippen molar-refractivity contribution in [2.24, 2.45) is 0 Å². The summed E-state index contributed by atoms with van der Waals surface area (Å²) in [5, 5.41) is 9.01. The SMILES string of the molecule is Cc1cnccc1-c1cccc(C(CCC#N)NS(=O)(=O)c2ccccc2C(F)(F)F)c1. The summed E-state index contributed by atoms with van der Waals surface area (Å²) in [5.41, 5.74) is 1.91. The van der Waals surface area contributed by atoms with Gasteiger partial charge < -0.3 is 0 Å². The molecular formula is C23H20F3N3O2S. The molecule has 0 saturated heterocycles. The van der Waals surface area contributed by atoms with Gasteiger partial charge in [0.1, 0.15) is 0 Å². The number of aryl methyl sites for hydroxylation is 1. The molecule has 0 saturated carbocycles. The van der Waals surface area contributed by atoms with Crippen LogP contribution in [0.4, 0.5) is 13.2 Å². The standard InChI is InChI=1S/C23H20F3N3O2S/c1-16-15-28-13-11-19(16)17-6-4-7-18(14-17)21(9-5-12-27)29-32(30,31)22-10-3-2-8-20(22)23(24,25)26/h2-4,6-8,10-11,13-15,21,29H,5,9H2,1H3. The third-order valence-electron chi connectivity index (χ3n) is 4.94. The molecule has 0 aliphatic carbocycles. The van der Waals surface area contributed by atoms with Gasteiger partial charge in [-0.3, -0.25) is 4.98 Å². The van der Waals surface area contributed by atoms with E-state index in [1.54, 1.807) is 30.6 Å². The van der Waals surface area contributed by atoms with E-state index in [4.69, 9.17) is 5.26 Å². The van der Waals surface area contributed by atoms with Crippen molar-refractivity contribution >= 4 is 10.0 Å². The average molecular weight is 459 g/mol. The van der Waals surface area contributed by atoms with Crippen LogP contribution in [0.25, 0.3) is 11.1 Å². The van der Waals surface area contributed by atoms with Gasteiger partial charge >= 0.3 is 6.18 Å². The zero-order chi connectivity index (χ0) is 23.4. The Labute approximate surface area is 184 Å². The first-order chi connectivity index (χ1) is 15.1. The summed E-state index contributed by atoms with van der Waals surface area (Å²) in [6.07, 6.45) is -1.37. The van der Waals surface area contributed by atoms with Crippen molar-refractivity contribution in [1.82, 2.24) is 9.71 Å². The lowest BCUT2D eigenvalue weighted by Crippen LogP contribution is -2.30. The molecule has 3 rings (SSSR count). The van der Waals surface area contributed by atoms with E-state index < -0.39 is 32.7 Å². The third kappa shape index (κ3) is 5.33. The second-order valence-electron chi connectivity index (χ2n) is 7.18. The lowest BCUT2D eigenvalue weighted by atomic mass is 9.96. The Balaban J connectivity index is 2.02. The van der Waals surface area contributed by atoms with Crippen molar-refractivity contribution in [2.45, 2.75) is 36.9 Å². The normalized spacial score (nSPS) is 12.8. The molecule has 1 atom stereocenters. The summed E-state index contributed by atoms with van der Waals surface area (Å²) in [6, 6.07) is 13.9. The summed E-state index contributed by atoms with van der Waals surface area (Å²) in [5.74, 6) is 0. The molecule has 1 unspecified atom stereocenters. The van der Waals surface area contributed by atoms with Gasteiger partial charge in [0.2, 0.25) is 10.0 Å². The summed E-state index contributed by atoms with van der Waals surface area (Å²) < 4.78 is 68.4. The predicted octanol–water partition coefficient (Wildman–Crippen LogP) is 5.40. The van der Waals surface area contributed by atoms with E-state index in [9.17, 15) is 21.6 Å². The van der Waals surface area contributed by atoms with E-state index in [2.05, 4.69) is 9.71 Å². The topological polar surface area (TPSA) is 82.8 Å². The molecule has 0 radical (unpaired) electrons. The molecule has 32 heavy (non-hydrogen) atoms. The fraction of sp³-hybridized carbons (Fsp3) is 0.217. The Kier molecular flexibility index (Phi) is 6.96. The molecule has 0 aliphatic rings. The van der Waals surface area contributed by atoms with Gasteiger partial charge in [0, 0.05) is 24.9 Å². The van der Waals surface area contributed by atoms with E-state index in [0.717, 1.165) is 34.9 Å². The second-order valence-corrected chi connectivity index (χ2v) is 8.86. The number of benzene rings is 2. The Bertz CT molecular complexity index is 1250. The molecular weight excluding hydrogens is 439 g/mol. The molecule has 9 heteroatoms. The molecule has 3 aromatic rings. The lowest BCUT2D eigenvalue weighted by Gasteiger charge is -2.21. The van der Waals surface area contributed by atoms with Gasteiger partial charge in [-0.15, -0.1) is 0 Å². The number of hydrogen-bond acceptors (Lipinski definition) is 4. The highest BCUT2D eigenvalue weighted by Gasteiger charge is 2.37. The van der Waals surface area contributed by atoms with Crippen molar-refractivity contribution in [3.63, 3.8) is 0 Å². The Hall–Kier alpha value is -3.22. The molecule has 0 fully saturated rings. The molecule has 0 amide bonds. The largest absolute Gasteiger partial charge is 0.417 e. The predicted molar refractivity (Wildman–Crippen MR) is 114 cm³/mol. The van der Waals surface area contributed by atoms with Crippen LogP contribution in [-0.2, 0) is 16.2 Å². The van der Waals surface area contributed by atoms with Crippen LogP contribution in [-0.4, -0.2) is 13.4 Å². The number of pyridine rings is 1. The summed E-state index contributed by atoms with van der Waals surface area (Å²) in [7, 11) is -4.53. The highest BCUT2D eigenvalue weighted by Crippen LogP contribution is 2.35. The van der Waals surface area contributed by atoms with Crippen LogP contribution in [0.15, 0.2) is 71.9 Å². The monoisotopic (exact) mass is 459 g/mol. The number of rotatable bonds is 7. The molecule has 1 aromatic heterocycles. The molecule has 0 bridgehead atoms. The third-order valence-corrected chi connectivity index (χ3v) is 6.47. The van der Waals surface area contributed by atoms with Gasteiger partial charge in [-0.05, 0) is 59.9 Å². The molecule has 5 nitrogen and oxygen atoms in total. The number of halogens is 3. The number of nitriles is 1. The van der Waals surface area contributed by atoms with Gasteiger partial charge in [0.25, 0.3) is 0 Å². The van der Waals surface area contributed by atoms with Gasteiger partial charge in [-0.2, -0.15) is 18.4 Å². The van der Waals surface area contributed by atoms with Crippen LogP contribution in [0.3, 0.4) is 0 Å². The van der Waals surface area contributed by atoms with Crippen molar-refractivity contribution in [3.8, 4) is 17.2 Å². The maximum Gasteiger partial charge on any atom is 0.417 e. The minimum Gasteiger partial charge on any atom is -0.264 e. The number of sulfonamides is 1. The smallest absolute Gasteiger partial charge is 0.264 e. The highest BCUT2D eigenvalue weighted by molar-refractivity contribution is 7.89. The average Bonchev–Trinajstić information content (AvgIpc) is 2.76. The number of nitrogens with one attached hydrogen (secondary N) is 1. The quantitative estimate of drug-likeness (QED) is 0.513. The van der Waals surface area contributed by atoms with E-state index in [1.165, 1.54) is 6.07 Å². The molecule has 1 N–H and O–H groups in total. The lowest BCUT2D eigenvalue weighted by molar-refractivity contribution is -0.139. The van der Waals surface area contributed by atoms with Crippen LogP contribution in [0, 0.1) is 18.3 Å². The molecule has 0 aliphatic heterocycles. The summed E-state index contributed by atoms with van der Waals surface area (Å²) >= 11 is 0. The number of hydrogen-bond donors (Lipinski definition) is 1. The van der Waals surface area contributed by atoms with Gasteiger partial charge in [0.15, 0.2) is 0 Å². The molecule has 166 valence electrons. The molecule has 1 heterocycles. The van der Waals surface area contributed by atoms with Gasteiger partial charge in [0.05, 0.1) is 16.5 Å². The maximum absolute atomic E-state index is 13.4.